The first kappa shape index (κ1) is 27.9. The summed E-state index contributed by atoms with van der Waals surface area (Å²) in [5.74, 6) is 2.02. The number of hydrogen-bond donors (Lipinski definition) is 4. The van der Waals surface area contributed by atoms with Crippen molar-refractivity contribution in [1.82, 2.24) is 24.4 Å². The fraction of sp³-hybridized carbons (Fsp3) is 0.375. The Hall–Kier alpha value is -4.28. The predicted octanol–water partition coefficient (Wildman–Crippen LogP) is 5.03. The van der Waals surface area contributed by atoms with E-state index in [-0.39, 0.29) is 25.1 Å². The Labute approximate surface area is 244 Å². The van der Waals surface area contributed by atoms with E-state index >= 15 is 0 Å². The van der Waals surface area contributed by atoms with Crippen LogP contribution in [0.3, 0.4) is 0 Å². The second-order valence-corrected chi connectivity index (χ2v) is 11.3. The third-order valence-corrected chi connectivity index (χ3v) is 8.13. The van der Waals surface area contributed by atoms with E-state index < -0.39 is 6.10 Å². The van der Waals surface area contributed by atoms with Gasteiger partial charge in [-0.05, 0) is 76.7 Å². The first-order valence-corrected chi connectivity index (χ1v) is 14.4. The van der Waals surface area contributed by atoms with Gasteiger partial charge in [-0.3, -0.25) is 0 Å². The molecule has 220 valence electrons. The average molecular weight is 571 g/mol. The molecule has 1 unspecified atom stereocenters. The molecule has 0 amide bonds. The van der Waals surface area contributed by atoms with Crippen LogP contribution in [0.4, 0.5) is 5.69 Å². The van der Waals surface area contributed by atoms with Crippen molar-refractivity contribution in [1.29, 1.82) is 0 Å². The molecule has 6 rings (SSSR count). The van der Waals surface area contributed by atoms with Crippen LogP contribution in [0.15, 0.2) is 48.8 Å². The highest BCUT2D eigenvalue weighted by Crippen LogP contribution is 2.38. The Morgan fingerprint density at radius 3 is 2.71 bits per heavy atom. The van der Waals surface area contributed by atoms with E-state index in [0.29, 0.717) is 23.0 Å². The Kier molecular flexibility index (Phi) is 7.66. The molecule has 10 heteroatoms. The molecule has 4 heterocycles. The van der Waals surface area contributed by atoms with Gasteiger partial charge < -0.3 is 39.5 Å². The second kappa shape index (κ2) is 11.5. The number of imidazole rings is 1. The number of H-pyrrole nitrogens is 1. The molecular formula is C32H38N6O4. The van der Waals surface area contributed by atoms with Gasteiger partial charge in [0.15, 0.2) is 5.88 Å². The molecular weight excluding hydrogens is 532 g/mol. The van der Waals surface area contributed by atoms with Crippen LogP contribution in [0, 0.1) is 13.8 Å². The van der Waals surface area contributed by atoms with E-state index in [0.717, 1.165) is 59.0 Å². The van der Waals surface area contributed by atoms with Crippen LogP contribution < -0.4 is 14.8 Å². The lowest BCUT2D eigenvalue weighted by molar-refractivity contribution is 0.117. The van der Waals surface area contributed by atoms with Gasteiger partial charge in [-0.25, -0.2) is 9.97 Å². The summed E-state index contributed by atoms with van der Waals surface area (Å²) in [4.78, 5) is 15.0. The number of likely N-dealkylation sites (tertiary alicyclic amines) is 1. The number of nitrogens with one attached hydrogen (secondary N) is 2. The third-order valence-electron chi connectivity index (χ3n) is 8.13. The van der Waals surface area contributed by atoms with E-state index in [1.54, 1.807) is 13.3 Å². The molecule has 42 heavy (non-hydrogen) atoms. The first-order chi connectivity index (χ1) is 20.3. The number of rotatable bonds is 9. The van der Waals surface area contributed by atoms with Crippen molar-refractivity contribution in [3.63, 3.8) is 0 Å². The number of aliphatic hydroxyl groups excluding tert-OH is 1. The summed E-state index contributed by atoms with van der Waals surface area (Å²) >= 11 is 0. The number of hydrogen-bond acceptors (Lipinski definition) is 8. The van der Waals surface area contributed by atoms with Gasteiger partial charge in [-0.2, -0.15) is 0 Å². The molecule has 1 atom stereocenters. The first-order valence-electron chi connectivity index (χ1n) is 14.4. The Balaban J connectivity index is 1.23. The standard InChI is InChI=1S/C32H38N6O4/c1-19-5-6-28(20(2)13-19)42-18-23(39)16-34-25-7-10-33-31(41-4)29(25)30-35-26-14-21-17-38(22-8-11-37(3)12-9-22)32(40)24(21)15-27(26)36-30/h5-7,10,13-15,17,22-23,39-40H,8-9,11-12,16,18H2,1-4H3,(H,33,34)(H,35,36). The maximum atomic E-state index is 11.1. The number of aromatic amines is 1. The maximum Gasteiger partial charge on any atom is 0.226 e. The topological polar surface area (TPSA) is 121 Å². The quantitative estimate of drug-likeness (QED) is 0.195. The minimum absolute atomic E-state index is 0.149. The van der Waals surface area contributed by atoms with Crippen LogP contribution in [-0.2, 0) is 0 Å². The fourth-order valence-electron chi connectivity index (χ4n) is 5.80. The fourth-order valence-corrected chi connectivity index (χ4v) is 5.80. The zero-order valence-electron chi connectivity index (χ0n) is 24.5. The lowest BCUT2D eigenvalue weighted by Crippen LogP contribution is -2.31. The van der Waals surface area contributed by atoms with Crippen molar-refractivity contribution in [3.8, 4) is 28.9 Å². The van der Waals surface area contributed by atoms with Crippen molar-refractivity contribution in [3.05, 3.63) is 59.9 Å². The Bertz CT molecular complexity index is 1720. The van der Waals surface area contributed by atoms with Crippen LogP contribution in [0.2, 0.25) is 0 Å². The van der Waals surface area contributed by atoms with Crippen LogP contribution >= 0.6 is 0 Å². The number of aryl methyl sites for hydroxylation is 2. The zero-order chi connectivity index (χ0) is 29.4. The van der Waals surface area contributed by atoms with Gasteiger partial charge in [0.1, 0.15) is 29.8 Å². The highest BCUT2D eigenvalue weighted by Gasteiger charge is 2.23. The third kappa shape index (κ3) is 5.47. The predicted molar refractivity (Wildman–Crippen MR) is 165 cm³/mol. The van der Waals surface area contributed by atoms with E-state index in [4.69, 9.17) is 14.5 Å². The largest absolute Gasteiger partial charge is 0.494 e. The van der Waals surface area contributed by atoms with Gasteiger partial charge in [0, 0.05) is 35.8 Å². The number of aromatic nitrogens is 4. The summed E-state index contributed by atoms with van der Waals surface area (Å²) in [6, 6.07) is 12.0. The molecule has 0 radical (unpaired) electrons. The minimum Gasteiger partial charge on any atom is -0.494 e. The van der Waals surface area contributed by atoms with Gasteiger partial charge in [0.05, 0.1) is 23.8 Å². The van der Waals surface area contributed by atoms with E-state index in [1.807, 2.05) is 54.9 Å². The Morgan fingerprint density at radius 1 is 1.14 bits per heavy atom. The normalized spacial score (nSPS) is 15.4. The van der Waals surface area contributed by atoms with Gasteiger partial charge >= 0.3 is 0 Å². The summed E-state index contributed by atoms with van der Waals surface area (Å²) in [6.07, 6.45) is 4.96. The van der Waals surface area contributed by atoms with Crippen LogP contribution in [-0.4, -0.2) is 81.1 Å². The summed E-state index contributed by atoms with van der Waals surface area (Å²) in [5, 5.41) is 26.8. The number of aliphatic hydroxyl groups is 1. The molecule has 0 aliphatic carbocycles. The molecule has 5 aromatic rings. The summed E-state index contributed by atoms with van der Waals surface area (Å²) in [7, 11) is 3.70. The van der Waals surface area contributed by atoms with E-state index in [9.17, 15) is 10.2 Å². The number of fused-ring (bicyclic) bond motifs is 2. The van der Waals surface area contributed by atoms with Crippen LogP contribution in [0.5, 0.6) is 17.5 Å². The molecule has 1 aliphatic rings. The SMILES string of the molecule is COc1nccc(NCC(O)COc2ccc(C)cc2C)c1-c1nc2cc3c(O)n(C4CCN(C)CC4)cc3cc2[nH]1. The number of methoxy groups -OCH3 is 1. The number of ether oxygens (including phenoxy) is 2. The lowest BCUT2D eigenvalue weighted by Gasteiger charge is -2.30. The summed E-state index contributed by atoms with van der Waals surface area (Å²) < 4.78 is 13.5. The smallest absolute Gasteiger partial charge is 0.226 e. The maximum absolute atomic E-state index is 11.1. The number of anilines is 1. The van der Waals surface area contributed by atoms with Crippen molar-refractivity contribution >= 4 is 27.5 Å². The van der Waals surface area contributed by atoms with Gasteiger partial charge in [-0.15, -0.1) is 0 Å². The number of piperidine rings is 1. The molecule has 1 aliphatic heterocycles. The van der Waals surface area contributed by atoms with Crippen molar-refractivity contribution in [2.24, 2.45) is 0 Å². The molecule has 1 saturated heterocycles. The van der Waals surface area contributed by atoms with Crippen molar-refractivity contribution in [2.45, 2.75) is 38.8 Å². The lowest BCUT2D eigenvalue weighted by atomic mass is 10.1. The molecule has 10 nitrogen and oxygen atoms in total. The second-order valence-electron chi connectivity index (χ2n) is 11.3. The number of aromatic hydroxyl groups is 1. The van der Waals surface area contributed by atoms with Gasteiger partial charge in [-0.1, -0.05) is 17.7 Å². The van der Waals surface area contributed by atoms with Gasteiger partial charge in [0.2, 0.25) is 5.88 Å². The molecule has 4 N–H and O–H groups in total. The summed E-state index contributed by atoms with van der Waals surface area (Å²) in [5.41, 5.74) is 5.14. The molecule has 2 aromatic carbocycles. The highest BCUT2D eigenvalue weighted by molar-refractivity contribution is 5.99. The average Bonchev–Trinajstić information content (AvgIpc) is 3.54. The van der Waals surface area contributed by atoms with Crippen molar-refractivity contribution < 1.29 is 19.7 Å². The number of nitrogens with zero attached hydrogens (tertiary/aromatic N) is 4. The minimum atomic E-state index is -0.752. The number of benzene rings is 2. The molecule has 0 spiro atoms. The van der Waals surface area contributed by atoms with Crippen LogP contribution in [0.1, 0.15) is 30.0 Å². The monoisotopic (exact) mass is 570 g/mol. The van der Waals surface area contributed by atoms with Crippen molar-refractivity contribution in [2.75, 3.05) is 45.7 Å². The molecule has 1 fully saturated rings. The van der Waals surface area contributed by atoms with Gasteiger partial charge in [0.25, 0.3) is 0 Å². The number of pyridine rings is 1. The highest BCUT2D eigenvalue weighted by atomic mass is 16.5. The Morgan fingerprint density at radius 2 is 1.95 bits per heavy atom. The van der Waals surface area contributed by atoms with E-state index in [1.165, 1.54) is 5.56 Å². The van der Waals surface area contributed by atoms with Crippen LogP contribution in [0.25, 0.3) is 33.2 Å². The zero-order valence-corrected chi connectivity index (χ0v) is 24.5. The molecule has 0 saturated carbocycles. The summed E-state index contributed by atoms with van der Waals surface area (Å²) in [6.45, 7) is 6.47. The molecule has 0 bridgehead atoms. The molecule has 3 aromatic heterocycles. The van der Waals surface area contributed by atoms with E-state index in [2.05, 4.69) is 33.3 Å².